The van der Waals surface area contributed by atoms with E-state index in [0.717, 1.165) is 29.2 Å². The molecule has 0 aromatic heterocycles. The zero-order valence-electron chi connectivity index (χ0n) is 18.2. The zero-order chi connectivity index (χ0) is 24.5. The van der Waals surface area contributed by atoms with Crippen LogP contribution >= 0.6 is 0 Å². The molecule has 2 aromatic carbocycles. The smallest absolute Gasteiger partial charge is 0.416 e. The van der Waals surface area contributed by atoms with Crippen LogP contribution < -0.4 is 0 Å². The highest BCUT2D eigenvalue weighted by Gasteiger charge is 2.38. The molecular weight excluding hydrogens is 445 g/mol. The minimum atomic E-state index is -4.54. The summed E-state index contributed by atoms with van der Waals surface area (Å²) in [5.41, 5.74) is -0.695. The Morgan fingerprint density at radius 1 is 1.09 bits per heavy atom. The minimum absolute atomic E-state index is 0.0554. The second-order valence-electron chi connectivity index (χ2n) is 8.01. The number of carbonyl (C=O) groups is 2. The van der Waals surface area contributed by atoms with Crippen LogP contribution in [-0.4, -0.2) is 22.9 Å². The van der Waals surface area contributed by atoms with Gasteiger partial charge in [-0.2, -0.15) is 13.2 Å². The summed E-state index contributed by atoms with van der Waals surface area (Å²) in [7, 11) is 0. The average Bonchev–Trinajstić information content (AvgIpc) is 2.71. The molecule has 1 atom stereocenters. The van der Waals surface area contributed by atoms with Crippen LogP contribution in [-0.2, 0) is 27.0 Å². The molecule has 1 aliphatic rings. The van der Waals surface area contributed by atoms with Crippen LogP contribution in [0.4, 0.5) is 22.0 Å². The van der Waals surface area contributed by atoms with Crippen LogP contribution in [0.15, 0.2) is 53.7 Å². The molecule has 1 amide bonds. The second-order valence-corrected chi connectivity index (χ2v) is 8.01. The molecule has 0 spiro atoms. The molecule has 33 heavy (non-hydrogen) atoms. The fraction of sp³-hybridized carbons (Fsp3) is 0.333. The fourth-order valence-electron chi connectivity index (χ4n) is 3.78. The molecule has 2 aromatic rings. The maximum Gasteiger partial charge on any atom is 0.416 e. The number of rotatable bonds is 5. The lowest BCUT2D eigenvalue weighted by molar-refractivity contribution is -0.144. The molecular formula is C24H22F5NO3. The Bertz CT molecular complexity index is 1070. The molecule has 9 heteroatoms. The first-order valence-electron chi connectivity index (χ1n) is 10.2. The highest BCUT2D eigenvalue weighted by atomic mass is 19.4. The van der Waals surface area contributed by atoms with E-state index in [1.54, 1.807) is 13.8 Å². The number of nitrogens with zero attached hydrogens (tertiary/aromatic N) is 1. The number of carbonyl (C=O) groups excluding carboxylic acids is 2. The van der Waals surface area contributed by atoms with E-state index in [1.807, 2.05) is 0 Å². The van der Waals surface area contributed by atoms with Crippen LogP contribution in [0.3, 0.4) is 0 Å². The topological polar surface area (TPSA) is 46.6 Å². The summed E-state index contributed by atoms with van der Waals surface area (Å²) in [4.78, 5) is 27.0. The standard InChI is InChI=1S/C24H22F5NO3/c1-13(2)33-23(32)22-14(3)30(12-18-19(25)5-4-6-20(18)26)21(31)11-17(22)15-7-9-16(10-8-15)24(27,28)29/h4-10,13,17H,11-12H2,1-3H3/t17-/m1/s1. The molecule has 4 nitrogen and oxygen atoms in total. The van der Waals surface area contributed by atoms with Gasteiger partial charge in [0.1, 0.15) is 11.6 Å². The Morgan fingerprint density at radius 2 is 1.67 bits per heavy atom. The number of esters is 1. The van der Waals surface area contributed by atoms with Crippen molar-refractivity contribution in [2.75, 3.05) is 0 Å². The Hall–Kier alpha value is -3.23. The minimum Gasteiger partial charge on any atom is -0.460 e. The van der Waals surface area contributed by atoms with Crippen molar-refractivity contribution in [3.8, 4) is 0 Å². The maximum atomic E-state index is 14.2. The van der Waals surface area contributed by atoms with Gasteiger partial charge in [-0.05, 0) is 50.6 Å². The van der Waals surface area contributed by atoms with Gasteiger partial charge in [-0.1, -0.05) is 18.2 Å². The SMILES string of the molecule is CC1=C(C(=O)OC(C)C)[C@@H](c2ccc(C(F)(F)F)cc2)CC(=O)N1Cc1c(F)cccc1F. The molecule has 0 saturated heterocycles. The highest BCUT2D eigenvalue weighted by Crippen LogP contribution is 2.39. The molecule has 0 bridgehead atoms. The van der Waals surface area contributed by atoms with E-state index in [4.69, 9.17) is 4.74 Å². The van der Waals surface area contributed by atoms with E-state index >= 15 is 0 Å². The number of alkyl halides is 3. The van der Waals surface area contributed by atoms with Crippen molar-refractivity contribution in [2.24, 2.45) is 0 Å². The van der Waals surface area contributed by atoms with E-state index in [2.05, 4.69) is 0 Å². The third kappa shape index (κ3) is 5.23. The van der Waals surface area contributed by atoms with Gasteiger partial charge in [0.15, 0.2) is 0 Å². The van der Waals surface area contributed by atoms with Gasteiger partial charge >= 0.3 is 12.1 Å². The van der Waals surface area contributed by atoms with Crippen LogP contribution in [0, 0.1) is 11.6 Å². The first-order chi connectivity index (χ1) is 15.4. The number of benzene rings is 2. The van der Waals surface area contributed by atoms with Gasteiger partial charge in [-0.15, -0.1) is 0 Å². The molecule has 0 saturated carbocycles. The lowest BCUT2D eigenvalue weighted by atomic mass is 9.83. The predicted octanol–water partition coefficient (Wildman–Crippen LogP) is 5.73. The van der Waals surface area contributed by atoms with E-state index in [0.29, 0.717) is 5.56 Å². The number of ether oxygens (including phenoxy) is 1. The summed E-state index contributed by atoms with van der Waals surface area (Å²) in [6.45, 7) is 4.26. The molecule has 0 radical (unpaired) electrons. The van der Waals surface area contributed by atoms with Gasteiger partial charge in [0.2, 0.25) is 5.91 Å². The van der Waals surface area contributed by atoms with Crippen molar-refractivity contribution in [3.63, 3.8) is 0 Å². The summed E-state index contributed by atoms with van der Waals surface area (Å²) >= 11 is 0. The number of hydrogen-bond donors (Lipinski definition) is 0. The maximum absolute atomic E-state index is 14.2. The van der Waals surface area contributed by atoms with Crippen molar-refractivity contribution < 1.29 is 36.3 Å². The first kappa shape index (κ1) is 24.4. The third-order valence-electron chi connectivity index (χ3n) is 5.40. The van der Waals surface area contributed by atoms with Gasteiger partial charge in [0.25, 0.3) is 0 Å². The monoisotopic (exact) mass is 467 g/mol. The van der Waals surface area contributed by atoms with E-state index in [-0.39, 0.29) is 23.3 Å². The van der Waals surface area contributed by atoms with Gasteiger partial charge in [0, 0.05) is 23.6 Å². The number of amides is 1. The summed E-state index contributed by atoms with van der Waals surface area (Å²) in [5.74, 6) is -3.83. The van der Waals surface area contributed by atoms with Gasteiger partial charge in [0.05, 0.1) is 23.8 Å². The van der Waals surface area contributed by atoms with Crippen molar-refractivity contribution in [1.82, 2.24) is 4.90 Å². The predicted molar refractivity (Wildman–Crippen MR) is 110 cm³/mol. The van der Waals surface area contributed by atoms with Gasteiger partial charge < -0.3 is 9.64 Å². The average molecular weight is 467 g/mol. The van der Waals surface area contributed by atoms with Gasteiger partial charge in [-0.25, -0.2) is 13.6 Å². The number of hydrogen-bond acceptors (Lipinski definition) is 3. The molecule has 0 unspecified atom stereocenters. The molecule has 1 heterocycles. The number of halogens is 5. The Labute approximate surface area is 187 Å². The summed E-state index contributed by atoms with van der Waals surface area (Å²) in [6.07, 6.45) is -5.31. The Kier molecular flexibility index (Phi) is 6.90. The third-order valence-corrected chi connectivity index (χ3v) is 5.40. The highest BCUT2D eigenvalue weighted by molar-refractivity contribution is 5.96. The van der Waals surface area contributed by atoms with Gasteiger partial charge in [-0.3, -0.25) is 4.79 Å². The number of allylic oxidation sites excluding steroid dienone is 1. The summed E-state index contributed by atoms with van der Waals surface area (Å²) in [6, 6.07) is 7.49. The normalized spacial score (nSPS) is 17.1. The summed E-state index contributed by atoms with van der Waals surface area (Å²) < 4.78 is 72.5. The van der Waals surface area contributed by atoms with Crippen LogP contribution in [0.25, 0.3) is 0 Å². The van der Waals surface area contributed by atoms with Crippen molar-refractivity contribution in [2.45, 2.75) is 51.9 Å². The van der Waals surface area contributed by atoms with Crippen LogP contribution in [0.5, 0.6) is 0 Å². The zero-order valence-corrected chi connectivity index (χ0v) is 18.2. The lowest BCUT2D eigenvalue weighted by Gasteiger charge is -2.35. The molecule has 0 fully saturated rings. The van der Waals surface area contributed by atoms with E-state index in [9.17, 15) is 31.5 Å². The quantitative estimate of drug-likeness (QED) is 0.417. The molecule has 3 rings (SSSR count). The van der Waals surface area contributed by atoms with E-state index < -0.39 is 53.8 Å². The van der Waals surface area contributed by atoms with Crippen molar-refractivity contribution in [1.29, 1.82) is 0 Å². The van der Waals surface area contributed by atoms with Crippen LogP contribution in [0.2, 0.25) is 0 Å². The molecule has 1 aliphatic heterocycles. The Balaban J connectivity index is 2.06. The molecule has 176 valence electrons. The molecule has 0 N–H and O–H groups in total. The second kappa shape index (κ2) is 9.33. The largest absolute Gasteiger partial charge is 0.460 e. The van der Waals surface area contributed by atoms with E-state index in [1.165, 1.54) is 25.1 Å². The summed E-state index contributed by atoms with van der Waals surface area (Å²) in [5, 5.41) is 0. The lowest BCUT2D eigenvalue weighted by Crippen LogP contribution is -2.38. The molecule has 0 aliphatic carbocycles. The van der Waals surface area contributed by atoms with Crippen LogP contribution in [0.1, 0.15) is 49.8 Å². The Morgan fingerprint density at radius 3 is 2.18 bits per heavy atom. The van der Waals surface area contributed by atoms with Crippen molar-refractivity contribution in [3.05, 3.63) is 82.1 Å². The first-order valence-corrected chi connectivity index (χ1v) is 10.2. The van der Waals surface area contributed by atoms with Crippen molar-refractivity contribution >= 4 is 11.9 Å². The fourth-order valence-corrected chi connectivity index (χ4v) is 3.78.